The Morgan fingerprint density at radius 3 is 2.75 bits per heavy atom. The van der Waals surface area contributed by atoms with Gasteiger partial charge in [-0.25, -0.2) is 4.79 Å². The van der Waals surface area contributed by atoms with Crippen LogP contribution in [0.1, 0.15) is 5.56 Å². The van der Waals surface area contributed by atoms with E-state index in [2.05, 4.69) is 5.32 Å². The molecule has 7 heteroatoms. The van der Waals surface area contributed by atoms with Crippen LogP contribution >= 0.6 is 34.7 Å². The highest BCUT2D eigenvalue weighted by atomic mass is 35.5. The number of halogens is 1. The number of carbonyl (C=O) groups is 2. The molecule has 2 rings (SSSR count). The van der Waals surface area contributed by atoms with Crippen molar-refractivity contribution in [3.63, 3.8) is 0 Å². The fourth-order valence-electron chi connectivity index (χ4n) is 1.66. The first-order valence-electron chi connectivity index (χ1n) is 7.15. The number of amides is 1. The van der Waals surface area contributed by atoms with Crippen LogP contribution in [-0.4, -0.2) is 30.8 Å². The minimum Gasteiger partial charge on any atom is -0.452 e. The van der Waals surface area contributed by atoms with Crippen LogP contribution < -0.4 is 5.32 Å². The van der Waals surface area contributed by atoms with Crippen LogP contribution in [0.2, 0.25) is 5.02 Å². The lowest BCUT2D eigenvalue weighted by Crippen LogP contribution is -2.30. The van der Waals surface area contributed by atoms with E-state index in [1.54, 1.807) is 29.2 Å². The third-order valence-corrected chi connectivity index (χ3v) is 4.77. The third-order valence-electron chi connectivity index (χ3n) is 2.81. The molecule has 1 aromatic heterocycles. The Labute approximate surface area is 153 Å². The number of rotatable bonds is 8. The Bertz CT molecular complexity index is 684. The topological polar surface area (TPSA) is 55.4 Å². The van der Waals surface area contributed by atoms with Gasteiger partial charge in [0.15, 0.2) is 6.61 Å². The van der Waals surface area contributed by atoms with Crippen LogP contribution in [0.25, 0.3) is 6.08 Å². The van der Waals surface area contributed by atoms with Crippen molar-refractivity contribution in [3.8, 4) is 0 Å². The van der Waals surface area contributed by atoms with Gasteiger partial charge in [-0.15, -0.1) is 11.8 Å². The summed E-state index contributed by atoms with van der Waals surface area (Å²) in [7, 11) is 0. The molecule has 0 saturated heterocycles. The average molecular weight is 382 g/mol. The number of benzene rings is 1. The zero-order chi connectivity index (χ0) is 17.2. The quantitative estimate of drug-likeness (QED) is 0.326. The monoisotopic (exact) mass is 381 g/mol. The second-order valence-corrected chi connectivity index (χ2v) is 7.03. The molecule has 1 aromatic carbocycles. The molecule has 0 atom stereocenters. The average Bonchev–Trinajstić information content (AvgIpc) is 3.10. The van der Waals surface area contributed by atoms with Crippen LogP contribution in [0, 0.1) is 0 Å². The summed E-state index contributed by atoms with van der Waals surface area (Å²) in [5, 5.41) is 7.23. The number of hydrogen-bond acceptors (Lipinski definition) is 5. The van der Waals surface area contributed by atoms with Gasteiger partial charge in [-0.2, -0.15) is 11.3 Å². The number of ether oxygens (including phenoxy) is 1. The van der Waals surface area contributed by atoms with Crippen molar-refractivity contribution in [2.75, 3.05) is 18.9 Å². The van der Waals surface area contributed by atoms with Gasteiger partial charge in [0, 0.05) is 28.3 Å². The molecule has 1 heterocycles. The minimum atomic E-state index is -0.535. The van der Waals surface area contributed by atoms with Crippen molar-refractivity contribution in [2.45, 2.75) is 4.90 Å². The summed E-state index contributed by atoms with van der Waals surface area (Å²) in [5.74, 6) is -0.129. The first-order valence-corrected chi connectivity index (χ1v) is 9.46. The fourth-order valence-corrected chi connectivity index (χ4v) is 3.18. The Balaban J connectivity index is 1.57. The van der Waals surface area contributed by atoms with Gasteiger partial charge in [0.2, 0.25) is 0 Å². The number of carbonyl (C=O) groups excluding carboxylic acids is 2. The van der Waals surface area contributed by atoms with Crippen LogP contribution in [0.3, 0.4) is 0 Å². The lowest BCUT2D eigenvalue weighted by Gasteiger charge is -2.05. The normalized spacial score (nSPS) is 10.7. The van der Waals surface area contributed by atoms with Crippen molar-refractivity contribution >= 4 is 52.7 Å². The molecule has 24 heavy (non-hydrogen) atoms. The Morgan fingerprint density at radius 1 is 1.25 bits per heavy atom. The first-order chi connectivity index (χ1) is 11.6. The van der Waals surface area contributed by atoms with Gasteiger partial charge in [0.05, 0.1) is 0 Å². The highest BCUT2D eigenvalue weighted by Crippen LogP contribution is 2.19. The Kier molecular flexibility index (Phi) is 7.88. The summed E-state index contributed by atoms with van der Waals surface area (Å²) < 4.78 is 4.87. The van der Waals surface area contributed by atoms with Crippen LogP contribution in [0.4, 0.5) is 0 Å². The zero-order valence-corrected chi connectivity index (χ0v) is 15.1. The van der Waals surface area contributed by atoms with E-state index >= 15 is 0 Å². The molecule has 126 valence electrons. The van der Waals surface area contributed by atoms with Crippen LogP contribution in [-0.2, 0) is 14.3 Å². The standard InChI is InChI=1S/C17H16ClNO3S2/c18-14-2-4-15(5-3-14)24-10-8-19-16(20)11-22-17(21)6-1-13-7-9-23-12-13/h1-7,9,12H,8,10-11H2,(H,19,20)/b6-1+. The summed E-state index contributed by atoms with van der Waals surface area (Å²) in [5.41, 5.74) is 0.931. The van der Waals surface area contributed by atoms with Crippen LogP contribution in [0.5, 0.6) is 0 Å². The highest BCUT2D eigenvalue weighted by molar-refractivity contribution is 7.99. The van der Waals surface area contributed by atoms with Gasteiger partial charge in [-0.1, -0.05) is 11.6 Å². The summed E-state index contributed by atoms with van der Waals surface area (Å²) >= 11 is 8.97. The summed E-state index contributed by atoms with van der Waals surface area (Å²) in [4.78, 5) is 24.2. The van der Waals surface area contributed by atoms with E-state index in [0.29, 0.717) is 11.6 Å². The number of esters is 1. The van der Waals surface area contributed by atoms with Gasteiger partial charge < -0.3 is 10.1 Å². The van der Waals surface area contributed by atoms with Gasteiger partial charge in [-0.3, -0.25) is 4.79 Å². The molecule has 2 aromatic rings. The van der Waals surface area contributed by atoms with E-state index in [4.69, 9.17) is 16.3 Å². The Hall–Kier alpha value is -1.76. The van der Waals surface area contributed by atoms with Crippen molar-refractivity contribution in [1.29, 1.82) is 0 Å². The molecule has 0 saturated carbocycles. The molecule has 4 nitrogen and oxygen atoms in total. The van der Waals surface area contributed by atoms with E-state index in [9.17, 15) is 9.59 Å². The summed E-state index contributed by atoms with van der Waals surface area (Å²) in [6.07, 6.45) is 2.96. The molecule has 0 bridgehead atoms. The maximum atomic E-state index is 11.6. The molecular formula is C17H16ClNO3S2. The maximum Gasteiger partial charge on any atom is 0.331 e. The van der Waals surface area contributed by atoms with Crippen molar-refractivity contribution < 1.29 is 14.3 Å². The Morgan fingerprint density at radius 2 is 2.04 bits per heavy atom. The molecule has 0 fully saturated rings. The number of hydrogen-bond donors (Lipinski definition) is 1. The van der Waals surface area contributed by atoms with Crippen LogP contribution in [0.15, 0.2) is 52.1 Å². The molecule has 0 aliphatic rings. The molecule has 0 spiro atoms. The molecule has 0 unspecified atom stereocenters. The fraction of sp³-hybridized carbons (Fsp3) is 0.176. The van der Waals surface area contributed by atoms with Gasteiger partial charge >= 0.3 is 5.97 Å². The van der Waals surface area contributed by atoms with Gasteiger partial charge in [-0.05, 0) is 52.7 Å². The molecule has 0 radical (unpaired) electrons. The van der Waals surface area contributed by atoms with E-state index in [1.165, 1.54) is 6.08 Å². The van der Waals surface area contributed by atoms with E-state index in [1.807, 2.05) is 41.1 Å². The highest BCUT2D eigenvalue weighted by Gasteiger charge is 2.04. The third kappa shape index (κ3) is 7.21. The van der Waals surface area contributed by atoms with Gasteiger partial charge in [0.25, 0.3) is 5.91 Å². The maximum absolute atomic E-state index is 11.6. The lowest BCUT2D eigenvalue weighted by atomic mass is 10.3. The molecule has 1 amide bonds. The zero-order valence-electron chi connectivity index (χ0n) is 12.7. The molecule has 0 aliphatic heterocycles. The largest absolute Gasteiger partial charge is 0.452 e. The second-order valence-electron chi connectivity index (χ2n) is 4.65. The summed E-state index contributed by atoms with van der Waals surface area (Å²) in [6, 6.07) is 9.39. The van der Waals surface area contributed by atoms with E-state index in [0.717, 1.165) is 16.2 Å². The second kappa shape index (κ2) is 10.2. The SMILES string of the molecule is O=C(COC(=O)/C=C/c1ccsc1)NCCSc1ccc(Cl)cc1. The molecular weight excluding hydrogens is 366 g/mol. The van der Waals surface area contributed by atoms with E-state index < -0.39 is 5.97 Å². The minimum absolute atomic E-state index is 0.279. The molecule has 0 aliphatic carbocycles. The van der Waals surface area contributed by atoms with E-state index in [-0.39, 0.29) is 12.5 Å². The number of nitrogens with one attached hydrogen (secondary N) is 1. The predicted octanol–water partition coefficient (Wildman–Crippen LogP) is 3.87. The smallest absolute Gasteiger partial charge is 0.331 e. The van der Waals surface area contributed by atoms with Gasteiger partial charge in [0.1, 0.15) is 0 Å². The summed E-state index contributed by atoms with van der Waals surface area (Å²) in [6.45, 7) is 0.215. The number of thiophene rings is 1. The first kappa shape index (κ1) is 18.6. The molecule has 1 N–H and O–H groups in total. The predicted molar refractivity (Wildman–Crippen MR) is 99.5 cm³/mol. The van der Waals surface area contributed by atoms with Crippen molar-refractivity contribution in [2.24, 2.45) is 0 Å². The van der Waals surface area contributed by atoms with Crippen molar-refractivity contribution in [3.05, 3.63) is 57.8 Å². The lowest BCUT2D eigenvalue weighted by molar-refractivity contribution is -0.143. The van der Waals surface area contributed by atoms with Crippen molar-refractivity contribution in [1.82, 2.24) is 5.32 Å². The number of thioether (sulfide) groups is 1.